The van der Waals surface area contributed by atoms with E-state index in [1.165, 1.54) is 6.07 Å². The molecule has 0 unspecified atom stereocenters. The number of halogens is 2. The average molecular weight is 211 g/mol. The van der Waals surface area contributed by atoms with E-state index >= 15 is 0 Å². The summed E-state index contributed by atoms with van der Waals surface area (Å²) in [5, 5.41) is 3.12. The standard InChI is InChI=1S/C12H15F2N/c1-3-15-8-9(2)6-10-7-11(13)4-5-12(10)14/h4-7,15H,3,8H2,1-2H3. The highest BCUT2D eigenvalue weighted by atomic mass is 19.1. The molecule has 0 spiro atoms. The van der Waals surface area contributed by atoms with Gasteiger partial charge in [-0.25, -0.2) is 8.78 Å². The molecule has 0 amide bonds. The molecule has 0 saturated carbocycles. The minimum atomic E-state index is -0.418. The van der Waals surface area contributed by atoms with Crippen LogP contribution in [0.1, 0.15) is 19.4 Å². The van der Waals surface area contributed by atoms with Crippen LogP contribution in [0, 0.1) is 11.6 Å². The van der Waals surface area contributed by atoms with E-state index in [0.29, 0.717) is 12.1 Å². The average Bonchev–Trinajstić information content (AvgIpc) is 2.20. The highest BCUT2D eigenvalue weighted by molar-refractivity contribution is 5.53. The van der Waals surface area contributed by atoms with E-state index in [1.54, 1.807) is 6.08 Å². The maximum atomic E-state index is 13.2. The molecule has 1 rings (SSSR count). The van der Waals surface area contributed by atoms with Gasteiger partial charge in [0, 0.05) is 12.1 Å². The van der Waals surface area contributed by atoms with E-state index in [4.69, 9.17) is 0 Å². The molecule has 0 bridgehead atoms. The third-order valence-electron chi connectivity index (χ3n) is 2.01. The molecule has 0 aromatic heterocycles. The number of nitrogens with one attached hydrogen (secondary N) is 1. The number of hydrogen-bond acceptors (Lipinski definition) is 1. The first kappa shape index (κ1) is 11.9. The fourth-order valence-corrected chi connectivity index (χ4v) is 1.26. The minimum Gasteiger partial charge on any atom is -0.313 e. The molecule has 0 atom stereocenters. The lowest BCUT2D eigenvalue weighted by Gasteiger charge is -2.03. The van der Waals surface area contributed by atoms with Crippen LogP contribution in [-0.4, -0.2) is 13.1 Å². The van der Waals surface area contributed by atoms with Crippen molar-refractivity contribution in [3.8, 4) is 0 Å². The van der Waals surface area contributed by atoms with Crippen molar-refractivity contribution >= 4 is 6.08 Å². The van der Waals surface area contributed by atoms with Crippen molar-refractivity contribution in [1.29, 1.82) is 0 Å². The van der Waals surface area contributed by atoms with E-state index in [1.807, 2.05) is 13.8 Å². The van der Waals surface area contributed by atoms with E-state index < -0.39 is 11.6 Å². The van der Waals surface area contributed by atoms with Gasteiger partial charge in [-0.3, -0.25) is 0 Å². The first-order chi connectivity index (χ1) is 7.13. The summed E-state index contributed by atoms with van der Waals surface area (Å²) in [6, 6.07) is 3.46. The van der Waals surface area contributed by atoms with Gasteiger partial charge in [0.05, 0.1) is 0 Å². The Balaban J connectivity index is 2.82. The predicted molar refractivity (Wildman–Crippen MR) is 58.6 cm³/mol. The molecule has 0 radical (unpaired) electrons. The number of rotatable bonds is 4. The van der Waals surface area contributed by atoms with Crippen LogP contribution in [0.2, 0.25) is 0 Å². The van der Waals surface area contributed by atoms with Crippen LogP contribution in [-0.2, 0) is 0 Å². The number of likely N-dealkylation sites (N-methyl/N-ethyl adjacent to an activating group) is 1. The zero-order valence-corrected chi connectivity index (χ0v) is 8.98. The van der Waals surface area contributed by atoms with Crippen molar-refractivity contribution in [2.45, 2.75) is 13.8 Å². The number of benzene rings is 1. The molecule has 0 aliphatic heterocycles. The molecule has 0 heterocycles. The van der Waals surface area contributed by atoms with Gasteiger partial charge in [0.25, 0.3) is 0 Å². The van der Waals surface area contributed by atoms with E-state index in [9.17, 15) is 8.78 Å². The number of hydrogen-bond donors (Lipinski definition) is 1. The van der Waals surface area contributed by atoms with Crippen LogP contribution in [0.3, 0.4) is 0 Å². The molecule has 0 aliphatic carbocycles. The Bertz CT molecular complexity index is 359. The smallest absolute Gasteiger partial charge is 0.130 e. The summed E-state index contributed by atoms with van der Waals surface area (Å²) >= 11 is 0. The van der Waals surface area contributed by atoms with Gasteiger partial charge in [-0.05, 0) is 31.7 Å². The fraction of sp³-hybridized carbons (Fsp3) is 0.333. The molecule has 1 nitrogen and oxygen atoms in total. The zero-order chi connectivity index (χ0) is 11.3. The second-order valence-corrected chi connectivity index (χ2v) is 3.44. The largest absolute Gasteiger partial charge is 0.313 e. The van der Waals surface area contributed by atoms with Gasteiger partial charge in [0.2, 0.25) is 0 Å². The summed E-state index contributed by atoms with van der Waals surface area (Å²) < 4.78 is 26.1. The summed E-state index contributed by atoms with van der Waals surface area (Å²) in [5.74, 6) is -0.814. The third kappa shape index (κ3) is 3.80. The highest BCUT2D eigenvalue weighted by Gasteiger charge is 2.01. The highest BCUT2D eigenvalue weighted by Crippen LogP contribution is 2.13. The van der Waals surface area contributed by atoms with E-state index in [2.05, 4.69) is 5.32 Å². The summed E-state index contributed by atoms with van der Waals surface area (Å²) in [7, 11) is 0. The Morgan fingerprint density at radius 3 is 2.80 bits per heavy atom. The van der Waals surface area contributed by atoms with Crippen molar-refractivity contribution in [2.75, 3.05) is 13.1 Å². The molecular formula is C12H15F2N. The molecule has 82 valence electrons. The van der Waals surface area contributed by atoms with Crippen LogP contribution >= 0.6 is 0 Å². The Labute approximate surface area is 88.8 Å². The predicted octanol–water partition coefficient (Wildman–Crippen LogP) is 2.98. The molecule has 1 aromatic rings. The quantitative estimate of drug-likeness (QED) is 0.807. The third-order valence-corrected chi connectivity index (χ3v) is 2.01. The van der Waals surface area contributed by atoms with Gasteiger partial charge in [0.1, 0.15) is 11.6 Å². The fourth-order valence-electron chi connectivity index (χ4n) is 1.26. The summed E-state index contributed by atoms with van der Waals surface area (Å²) in [4.78, 5) is 0. The van der Waals surface area contributed by atoms with Crippen molar-refractivity contribution < 1.29 is 8.78 Å². The maximum Gasteiger partial charge on any atom is 0.130 e. The molecule has 0 aliphatic rings. The van der Waals surface area contributed by atoms with Gasteiger partial charge in [0.15, 0.2) is 0 Å². The van der Waals surface area contributed by atoms with Gasteiger partial charge < -0.3 is 5.32 Å². The zero-order valence-electron chi connectivity index (χ0n) is 8.98. The van der Waals surface area contributed by atoms with Gasteiger partial charge in [-0.2, -0.15) is 0 Å². The summed E-state index contributed by atoms with van der Waals surface area (Å²) in [6.45, 7) is 5.42. The Morgan fingerprint density at radius 2 is 2.13 bits per heavy atom. The molecule has 0 saturated heterocycles. The van der Waals surface area contributed by atoms with E-state index in [-0.39, 0.29) is 0 Å². The van der Waals surface area contributed by atoms with Crippen molar-refractivity contribution in [2.24, 2.45) is 0 Å². The van der Waals surface area contributed by atoms with Crippen molar-refractivity contribution in [3.05, 3.63) is 41.0 Å². The molecule has 0 fully saturated rings. The summed E-state index contributed by atoms with van der Waals surface area (Å²) in [6.07, 6.45) is 1.65. The Hall–Kier alpha value is -1.22. The Kier molecular flexibility index (Phi) is 4.43. The van der Waals surface area contributed by atoms with Crippen molar-refractivity contribution in [3.63, 3.8) is 0 Å². The molecular weight excluding hydrogens is 196 g/mol. The summed E-state index contributed by atoms with van der Waals surface area (Å²) in [5.41, 5.74) is 1.27. The molecule has 15 heavy (non-hydrogen) atoms. The Morgan fingerprint density at radius 1 is 1.40 bits per heavy atom. The van der Waals surface area contributed by atoms with Gasteiger partial charge in [-0.15, -0.1) is 0 Å². The second kappa shape index (κ2) is 5.61. The van der Waals surface area contributed by atoms with Crippen LogP contribution in [0.4, 0.5) is 8.78 Å². The van der Waals surface area contributed by atoms with Crippen LogP contribution in [0.5, 0.6) is 0 Å². The monoisotopic (exact) mass is 211 g/mol. The first-order valence-electron chi connectivity index (χ1n) is 4.96. The SMILES string of the molecule is CCNCC(C)=Cc1cc(F)ccc1F. The molecule has 1 N–H and O–H groups in total. The van der Waals surface area contributed by atoms with Crippen LogP contribution in [0.25, 0.3) is 6.08 Å². The lowest BCUT2D eigenvalue weighted by atomic mass is 10.1. The van der Waals surface area contributed by atoms with Crippen molar-refractivity contribution in [1.82, 2.24) is 5.32 Å². The van der Waals surface area contributed by atoms with Crippen LogP contribution < -0.4 is 5.32 Å². The first-order valence-corrected chi connectivity index (χ1v) is 4.96. The topological polar surface area (TPSA) is 12.0 Å². The lowest BCUT2D eigenvalue weighted by molar-refractivity contribution is 0.597. The molecule has 1 aromatic carbocycles. The minimum absolute atomic E-state index is 0.297. The maximum absolute atomic E-state index is 13.2. The van der Waals surface area contributed by atoms with Gasteiger partial charge >= 0.3 is 0 Å². The second-order valence-electron chi connectivity index (χ2n) is 3.44. The molecule has 3 heteroatoms. The van der Waals surface area contributed by atoms with Gasteiger partial charge in [-0.1, -0.05) is 18.6 Å². The lowest BCUT2D eigenvalue weighted by Crippen LogP contribution is -2.14. The normalized spacial score (nSPS) is 11.9. The van der Waals surface area contributed by atoms with Crippen LogP contribution in [0.15, 0.2) is 23.8 Å². The van der Waals surface area contributed by atoms with E-state index in [0.717, 1.165) is 24.3 Å².